The zero-order valence-corrected chi connectivity index (χ0v) is 18.0. The van der Waals surface area contributed by atoms with Gasteiger partial charge in [0.15, 0.2) is 0 Å². The molecule has 1 aromatic carbocycles. The molecule has 4 rings (SSSR count). The van der Waals surface area contributed by atoms with Gasteiger partial charge in [-0.3, -0.25) is 9.78 Å². The lowest BCUT2D eigenvalue weighted by atomic mass is 10.0. The number of nitrogens with two attached hydrogens (primary N) is 1. The van der Waals surface area contributed by atoms with Crippen LogP contribution in [0.1, 0.15) is 36.2 Å². The molecule has 0 bridgehead atoms. The average molecular weight is 446 g/mol. The minimum Gasteiger partial charge on any atom is -0.368 e. The molecule has 1 aliphatic heterocycles. The standard InChI is InChI=1S/C22H25F3N6O/c1-12-5-4-6-16-17(12)30-19(29-16)14-9-27-10-15(20(32)28-13(2)22(23,24)25)18(14)31-8-7-21(3,26)11-31/h4-6,9-10,13H,7-8,11,26H2,1-3H3,(H,28,32)(H,29,30)/t13-,21-/m0/s1. The highest BCUT2D eigenvalue weighted by atomic mass is 19.4. The molecule has 4 N–H and O–H groups in total. The fraction of sp³-hybridized carbons (Fsp3) is 0.409. The van der Waals surface area contributed by atoms with Gasteiger partial charge in [0.2, 0.25) is 0 Å². The van der Waals surface area contributed by atoms with E-state index in [0.29, 0.717) is 36.6 Å². The number of aromatic nitrogens is 3. The highest BCUT2D eigenvalue weighted by molar-refractivity contribution is 6.03. The van der Waals surface area contributed by atoms with Crippen molar-refractivity contribution < 1.29 is 18.0 Å². The molecule has 2 aromatic heterocycles. The number of aromatic amines is 1. The highest BCUT2D eigenvalue weighted by Crippen LogP contribution is 2.37. The van der Waals surface area contributed by atoms with Crippen molar-refractivity contribution in [3.8, 4) is 11.4 Å². The molecule has 0 unspecified atom stereocenters. The van der Waals surface area contributed by atoms with Crippen LogP contribution in [0.5, 0.6) is 0 Å². The number of nitrogens with one attached hydrogen (secondary N) is 2. The number of H-pyrrole nitrogens is 1. The van der Waals surface area contributed by atoms with E-state index in [1.54, 1.807) is 6.20 Å². The van der Waals surface area contributed by atoms with Crippen molar-refractivity contribution in [2.75, 3.05) is 18.0 Å². The molecule has 10 heteroatoms. The molecule has 1 saturated heterocycles. The van der Waals surface area contributed by atoms with Gasteiger partial charge in [-0.15, -0.1) is 0 Å². The molecule has 1 fully saturated rings. The second-order valence-corrected chi connectivity index (χ2v) is 8.70. The van der Waals surface area contributed by atoms with Crippen LogP contribution in [0.3, 0.4) is 0 Å². The number of hydrogen-bond acceptors (Lipinski definition) is 5. The Hall–Kier alpha value is -3.14. The number of halogens is 3. The van der Waals surface area contributed by atoms with Crippen LogP contribution in [0, 0.1) is 6.92 Å². The second-order valence-electron chi connectivity index (χ2n) is 8.70. The Bertz CT molecular complexity index is 1170. The molecular formula is C22H25F3N6O. The summed E-state index contributed by atoms with van der Waals surface area (Å²) in [6.45, 7) is 5.75. The van der Waals surface area contributed by atoms with Crippen molar-refractivity contribution in [2.24, 2.45) is 5.73 Å². The Morgan fingerprint density at radius 2 is 2.09 bits per heavy atom. The van der Waals surface area contributed by atoms with Crippen molar-refractivity contribution >= 4 is 22.6 Å². The third-order valence-electron chi connectivity index (χ3n) is 5.79. The zero-order chi connectivity index (χ0) is 23.3. The minimum atomic E-state index is -4.55. The van der Waals surface area contributed by atoms with Gasteiger partial charge in [0.05, 0.1) is 27.8 Å². The van der Waals surface area contributed by atoms with Crippen LogP contribution in [0.4, 0.5) is 18.9 Å². The van der Waals surface area contributed by atoms with Crippen LogP contribution in [0.25, 0.3) is 22.4 Å². The van der Waals surface area contributed by atoms with E-state index in [1.807, 2.05) is 42.3 Å². The van der Waals surface area contributed by atoms with Crippen molar-refractivity contribution in [2.45, 2.75) is 44.9 Å². The van der Waals surface area contributed by atoms with Gasteiger partial charge in [-0.2, -0.15) is 13.2 Å². The van der Waals surface area contributed by atoms with Crippen LogP contribution < -0.4 is 16.0 Å². The van der Waals surface area contributed by atoms with E-state index in [9.17, 15) is 18.0 Å². The number of aryl methyl sites for hydroxylation is 1. The van der Waals surface area contributed by atoms with Gasteiger partial charge in [-0.25, -0.2) is 4.98 Å². The summed E-state index contributed by atoms with van der Waals surface area (Å²) in [4.78, 5) is 26.9. The van der Waals surface area contributed by atoms with E-state index in [4.69, 9.17) is 5.73 Å². The Labute approximate surface area is 183 Å². The highest BCUT2D eigenvalue weighted by Gasteiger charge is 2.39. The number of fused-ring (bicyclic) bond motifs is 1. The molecule has 3 aromatic rings. The van der Waals surface area contributed by atoms with Crippen LogP contribution in [0.15, 0.2) is 30.6 Å². The summed E-state index contributed by atoms with van der Waals surface area (Å²) in [7, 11) is 0. The molecule has 1 amide bonds. The summed E-state index contributed by atoms with van der Waals surface area (Å²) in [5, 5.41) is 2.04. The SMILES string of the molecule is Cc1cccc2[nH]c(-c3cncc(C(=O)N[C@@H](C)C(F)(F)F)c3N3CC[C@](C)(N)C3)nc12. The number of pyridine rings is 1. The summed E-state index contributed by atoms with van der Waals surface area (Å²) in [5.41, 5.74) is 9.44. The Morgan fingerprint density at radius 3 is 2.72 bits per heavy atom. The van der Waals surface area contributed by atoms with E-state index in [-0.39, 0.29) is 5.56 Å². The largest absolute Gasteiger partial charge is 0.408 e. The maximum absolute atomic E-state index is 13.1. The first-order valence-electron chi connectivity index (χ1n) is 10.3. The van der Waals surface area contributed by atoms with Crippen LogP contribution in [-0.2, 0) is 0 Å². The van der Waals surface area contributed by atoms with Gasteiger partial charge in [0.1, 0.15) is 11.9 Å². The third-order valence-corrected chi connectivity index (χ3v) is 5.79. The number of hydrogen-bond donors (Lipinski definition) is 3. The Kier molecular flexibility index (Phi) is 5.36. The number of carbonyl (C=O) groups excluding carboxylic acids is 1. The topological polar surface area (TPSA) is 99.9 Å². The number of para-hydroxylation sites is 1. The van der Waals surface area contributed by atoms with Crippen molar-refractivity contribution in [3.63, 3.8) is 0 Å². The lowest BCUT2D eigenvalue weighted by Gasteiger charge is -2.26. The van der Waals surface area contributed by atoms with E-state index in [1.165, 1.54) is 6.20 Å². The van der Waals surface area contributed by atoms with E-state index in [2.05, 4.69) is 15.0 Å². The smallest absolute Gasteiger partial charge is 0.368 e. The van der Waals surface area contributed by atoms with Crippen molar-refractivity contribution in [3.05, 3.63) is 41.7 Å². The third kappa shape index (κ3) is 4.14. The molecule has 0 spiro atoms. The van der Waals surface area contributed by atoms with E-state index >= 15 is 0 Å². The summed E-state index contributed by atoms with van der Waals surface area (Å²) in [6.07, 6.45) is -1.02. The number of imidazole rings is 1. The van der Waals surface area contributed by atoms with Crippen molar-refractivity contribution in [1.82, 2.24) is 20.3 Å². The first-order chi connectivity index (χ1) is 15.0. The lowest BCUT2D eigenvalue weighted by molar-refractivity contribution is -0.149. The molecule has 0 aliphatic carbocycles. The molecule has 2 atom stereocenters. The summed E-state index contributed by atoms with van der Waals surface area (Å²) in [5.74, 6) is -0.363. The molecule has 1 aliphatic rings. The normalized spacial score (nSPS) is 20.0. The number of anilines is 1. The predicted octanol–water partition coefficient (Wildman–Crippen LogP) is 3.54. The molecule has 0 radical (unpaired) electrons. The number of nitrogens with zero attached hydrogens (tertiary/aromatic N) is 3. The number of carbonyl (C=O) groups is 1. The Morgan fingerprint density at radius 1 is 1.34 bits per heavy atom. The first-order valence-corrected chi connectivity index (χ1v) is 10.3. The molecule has 3 heterocycles. The van der Waals surface area contributed by atoms with Gasteiger partial charge >= 0.3 is 6.18 Å². The maximum Gasteiger partial charge on any atom is 0.408 e. The maximum atomic E-state index is 13.1. The molecular weight excluding hydrogens is 421 g/mol. The first kappa shape index (κ1) is 22.1. The monoisotopic (exact) mass is 446 g/mol. The van der Waals surface area contributed by atoms with Gasteiger partial charge < -0.3 is 20.9 Å². The fourth-order valence-electron chi connectivity index (χ4n) is 3.97. The quantitative estimate of drug-likeness (QED) is 0.569. The predicted molar refractivity (Wildman–Crippen MR) is 116 cm³/mol. The number of alkyl halides is 3. The van der Waals surface area contributed by atoms with Gasteiger partial charge in [-0.05, 0) is 38.8 Å². The minimum absolute atomic E-state index is 0.0495. The molecule has 7 nitrogen and oxygen atoms in total. The number of amides is 1. The molecule has 32 heavy (non-hydrogen) atoms. The van der Waals surface area contributed by atoms with Gasteiger partial charge in [-0.1, -0.05) is 12.1 Å². The van der Waals surface area contributed by atoms with Crippen molar-refractivity contribution in [1.29, 1.82) is 0 Å². The summed E-state index contributed by atoms with van der Waals surface area (Å²) >= 11 is 0. The van der Waals surface area contributed by atoms with E-state index in [0.717, 1.165) is 23.5 Å². The van der Waals surface area contributed by atoms with Gasteiger partial charge in [0, 0.05) is 31.0 Å². The fourth-order valence-corrected chi connectivity index (χ4v) is 3.97. The second kappa shape index (κ2) is 7.77. The zero-order valence-electron chi connectivity index (χ0n) is 18.0. The summed E-state index contributed by atoms with van der Waals surface area (Å²) < 4.78 is 39.2. The van der Waals surface area contributed by atoms with Crippen LogP contribution >= 0.6 is 0 Å². The lowest BCUT2D eigenvalue weighted by Crippen LogP contribution is -2.44. The average Bonchev–Trinajstić information content (AvgIpc) is 3.30. The number of benzene rings is 1. The Balaban J connectivity index is 1.84. The van der Waals surface area contributed by atoms with E-state index < -0.39 is 23.7 Å². The summed E-state index contributed by atoms with van der Waals surface area (Å²) in [6, 6.07) is 3.73. The van der Waals surface area contributed by atoms with Gasteiger partial charge in [0.25, 0.3) is 5.91 Å². The van der Waals surface area contributed by atoms with Crippen LogP contribution in [0.2, 0.25) is 0 Å². The number of rotatable bonds is 4. The molecule has 0 saturated carbocycles. The molecule has 170 valence electrons. The van der Waals surface area contributed by atoms with Crippen LogP contribution in [-0.4, -0.2) is 51.7 Å².